The van der Waals surface area contributed by atoms with Crippen LogP contribution in [0, 0.1) is 3.57 Å². The monoisotopic (exact) mass is 789 g/mol. The van der Waals surface area contributed by atoms with E-state index in [1.165, 1.54) is 17.9 Å². The van der Waals surface area contributed by atoms with Crippen LogP contribution in [0.2, 0.25) is 0 Å². The van der Waals surface area contributed by atoms with Gasteiger partial charge < -0.3 is 34.1 Å². The number of amides is 1. The minimum absolute atomic E-state index is 0.0883. The average Bonchev–Trinajstić information content (AvgIpc) is 3.48. The molecule has 4 aromatic carbocycles. The van der Waals surface area contributed by atoms with Crippen molar-refractivity contribution in [3.8, 4) is 11.5 Å². The van der Waals surface area contributed by atoms with Gasteiger partial charge in [-0.3, -0.25) is 9.36 Å². The van der Waals surface area contributed by atoms with E-state index in [4.69, 9.17) is 23.7 Å². The van der Waals surface area contributed by atoms with Gasteiger partial charge >= 0.3 is 5.69 Å². The third-order valence-corrected chi connectivity index (χ3v) is 9.46. The first-order chi connectivity index (χ1) is 24.3. The van der Waals surface area contributed by atoms with Crippen molar-refractivity contribution in [1.29, 1.82) is 0 Å². The molecule has 0 aliphatic carbocycles. The van der Waals surface area contributed by atoms with E-state index in [1.807, 2.05) is 101 Å². The molecule has 1 saturated heterocycles. The summed E-state index contributed by atoms with van der Waals surface area (Å²) >= 11 is 1.99. The van der Waals surface area contributed by atoms with Crippen LogP contribution >= 0.6 is 22.6 Å². The standard InChI is InChI=1S/C38H36IN3O8/c1-46-28-18-14-26(15-19-28)38(25-12-8-5-9-13-25,27-16-20-29(47-2)21-17-27)49-23-31-32(43)33(48-3)36(50-31)42-22-30(39)34(41-37(42)45)40-35(44)24-10-6-4-7-11-24/h4-22,31-33,36,43H,23H2,1-3H3,(H,40,41,44,45)/t31-,32-,33-,36-/m1/s1. The van der Waals surface area contributed by atoms with Crippen LogP contribution in [-0.2, 0) is 19.8 Å². The Balaban J connectivity index is 1.32. The van der Waals surface area contributed by atoms with Gasteiger partial charge in [0, 0.05) is 18.9 Å². The van der Waals surface area contributed by atoms with Crippen molar-refractivity contribution in [1.82, 2.24) is 9.55 Å². The Morgan fingerprint density at radius 3 is 1.94 bits per heavy atom. The van der Waals surface area contributed by atoms with Crippen LogP contribution in [0.25, 0.3) is 0 Å². The van der Waals surface area contributed by atoms with Gasteiger partial charge in [0.25, 0.3) is 5.91 Å². The second-order valence-corrected chi connectivity index (χ2v) is 12.7. The number of aliphatic hydroxyl groups is 1. The summed E-state index contributed by atoms with van der Waals surface area (Å²) in [6.45, 7) is -0.0883. The number of aliphatic hydroxyl groups excluding tert-OH is 1. The summed E-state index contributed by atoms with van der Waals surface area (Å²) in [5.74, 6) is 1.08. The van der Waals surface area contributed by atoms with E-state index in [2.05, 4.69) is 10.3 Å². The van der Waals surface area contributed by atoms with Crippen molar-refractivity contribution in [3.05, 3.63) is 152 Å². The zero-order valence-electron chi connectivity index (χ0n) is 27.6. The lowest BCUT2D eigenvalue weighted by atomic mass is 9.80. The Morgan fingerprint density at radius 2 is 1.40 bits per heavy atom. The van der Waals surface area contributed by atoms with Gasteiger partial charge in [-0.15, -0.1) is 0 Å². The minimum atomic E-state index is -1.17. The number of carbonyl (C=O) groups excluding carboxylic acids is 1. The van der Waals surface area contributed by atoms with Crippen LogP contribution in [-0.4, -0.2) is 66.8 Å². The lowest BCUT2D eigenvalue weighted by Crippen LogP contribution is -2.40. The molecule has 5 aromatic rings. The summed E-state index contributed by atoms with van der Waals surface area (Å²) in [5.41, 5.74) is 1.04. The molecule has 2 N–H and O–H groups in total. The van der Waals surface area contributed by atoms with E-state index < -0.39 is 41.7 Å². The number of aromatic nitrogens is 2. The zero-order chi connectivity index (χ0) is 35.3. The molecule has 50 heavy (non-hydrogen) atoms. The fourth-order valence-corrected chi connectivity index (χ4v) is 6.66. The molecule has 1 fully saturated rings. The number of anilines is 1. The summed E-state index contributed by atoms with van der Waals surface area (Å²) in [6, 6.07) is 33.6. The third-order valence-electron chi connectivity index (χ3n) is 8.67. The van der Waals surface area contributed by atoms with E-state index in [-0.39, 0.29) is 12.4 Å². The van der Waals surface area contributed by atoms with Crippen molar-refractivity contribution in [2.24, 2.45) is 0 Å². The topological polar surface area (TPSA) is 130 Å². The molecule has 0 saturated carbocycles. The molecule has 0 spiro atoms. The van der Waals surface area contributed by atoms with Crippen LogP contribution in [0.15, 0.2) is 120 Å². The molecule has 11 nitrogen and oxygen atoms in total. The quantitative estimate of drug-likeness (QED) is 0.126. The fraction of sp³-hybridized carbons (Fsp3) is 0.237. The van der Waals surface area contributed by atoms with Crippen LogP contribution in [0.4, 0.5) is 5.82 Å². The Bertz CT molecular complexity index is 1910. The third kappa shape index (κ3) is 7.02. The van der Waals surface area contributed by atoms with Crippen molar-refractivity contribution >= 4 is 34.3 Å². The first-order valence-corrected chi connectivity index (χ1v) is 16.9. The first kappa shape index (κ1) is 35.2. The van der Waals surface area contributed by atoms with Crippen LogP contribution < -0.4 is 20.5 Å². The summed E-state index contributed by atoms with van der Waals surface area (Å²) < 4.78 is 31.6. The zero-order valence-corrected chi connectivity index (χ0v) is 29.7. The largest absolute Gasteiger partial charge is 0.497 e. The second-order valence-electron chi connectivity index (χ2n) is 11.5. The van der Waals surface area contributed by atoms with E-state index in [1.54, 1.807) is 44.6 Å². The molecule has 1 aliphatic heterocycles. The molecular formula is C38H36IN3O8. The van der Waals surface area contributed by atoms with Crippen LogP contribution in [0.1, 0.15) is 33.3 Å². The molecule has 4 atom stereocenters. The SMILES string of the molecule is COc1ccc(C(OC[C@H]2O[C@@H](n3cc(I)c(NC(=O)c4ccccc4)nc3=O)[C@H](OC)[C@@H]2O)(c2ccccc2)c2ccc(OC)cc2)cc1. The van der Waals surface area contributed by atoms with E-state index >= 15 is 0 Å². The van der Waals surface area contributed by atoms with E-state index in [9.17, 15) is 14.7 Å². The first-order valence-electron chi connectivity index (χ1n) is 15.8. The number of nitrogens with one attached hydrogen (secondary N) is 1. The molecule has 1 amide bonds. The van der Waals surface area contributed by atoms with Gasteiger partial charge in [-0.25, -0.2) is 4.79 Å². The second kappa shape index (κ2) is 15.5. The molecule has 258 valence electrons. The Hall–Kier alpha value is -4.60. The summed E-state index contributed by atoms with van der Waals surface area (Å²) in [5, 5.41) is 14.2. The van der Waals surface area contributed by atoms with Crippen molar-refractivity contribution < 1.29 is 33.6 Å². The maximum Gasteiger partial charge on any atom is 0.351 e. The Kier molecular flexibility index (Phi) is 10.9. The van der Waals surface area contributed by atoms with Crippen molar-refractivity contribution in [3.63, 3.8) is 0 Å². The number of carbonyl (C=O) groups is 1. The number of hydrogen-bond acceptors (Lipinski definition) is 9. The van der Waals surface area contributed by atoms with Gasteiger partial charge in [0.05, 0.1) is 24.4 Å². The number of halogens is 1. The molecule has 6 rings (SSSR count). The molecule has 0 unspecified atom stereocenters. The highest BCUT2D eigenvalue weighted by molar-refractivity contribution is 14.1. The predicted octanol–water partition coefficient (Wildman–Crippen LogP) is 5.40. The predicted molar refractivity (Wildman–Crippen MR) is 195 cm³/mol. The van der Waals surface area contributed by atoms with Gasteiger partial charge in [0.1, 0.15) is 35.4 Å². The lowest BCUT2D eigenvalue weighted by Gasteiger charge is -2.37. The fourth-order valence-electron chi connectivity index (χ4n) is 6.10. The minimum Gasteiger partial charge on any atom is -0.497 e. The van der Waals surface area contributed by atoms with Gasteiger partial charge in [-0.05, 0) is 75.7 Å². The number of rotatable bonds is 12. The van der Waals surface area contributed by atoms with Gasteiger partial charge in [0.15, 0.2) is 12.0 Å². The maximum atomic E-state index is 13.4. The summed E-state index contributed by atoms with van der Waals surface area (Å²) in [4.78, 5) is 30.3. The van der Waals surface area contributed by atoms with Gasteiger partial charge in [-0.2, -0.15) is 4.98 Å². The van der Waals surface area contributed by atoms with Crippen LogP contribution in [0.3, 0.4) is 0 Å². The summed E-state index contributed by atoms with van der Waals surface area (Å²) in [6.07, 6.45) is -2.54. The Morgan fingerprint density at radius 1 is 0.860 bits per heavy atom. The highest BCUT2D eigenvalue weighted by atomic mass is 127. The van der Waals surface area contributed by atoms with Crippen LogP contribution in [0.5, 0.6) is 11.5 Å². The summed E-state index contributed by atoms with van der Waals surface area (Å²) in [7, 11) is 4.66. The molecule has 12 heteroatoms. The highest BCUT2D eigenvalue weighted by Gasteiger charge is 2.48. The molecule has 0 bridgehead atoms. The van der Waals surface area contributed by atoms with E-state index in [0.29, 0.717) is 20.6 Å². The van der Waals surface area contributed by atoms with E-state index in [0.717, 1.165) is 16.7 Å². The smallest absolute Gasteiger partial charge is 0.351 e. The molecule has 2 heterocycles. The highest BCUT2D eigenvalue weighted by Crippen LogP contribution is 2.43. The maximum absolute atomic E-state index is 13.4. The number of benzene rings is 4. The number of methoxy groups -OCH3 is 3. The number of ether oxygens (including phenoxy) is 5. The molecule has 0 radical (unpaired) electrons. The lowest BCUT2D eigenvalue weighted by molar-refractivity contribution is -0.0967. The molecular weight excluding hydrogens is 753 g/mol. The van der Waals surface area contributed by atoms with Crippen molar-refractivity contribution in [2.75, 3.05) is 33.3 Å². The molecule has 1 aliphatic rings. The van der Waals surface area contributed by atoms with Gasteiger partial charge in [-0.1, -0.05) is 72.8 Å². The van der Waals surface area contributed by atoms with Gasteiger partial charge in [0.2, 0.25) is 0 Å². The average molecular weight is 790 g/mol. The number of nitrogens with zero attached hydrogens (tertiary/aromatic N) is 2. The number of hydrogen-bond donors (Lipinski definition) is 2. The Labute approximate surface area is 302 Å². The van der Waals surface area contributed by atoms with Crippen molar-refractivity contribution in [2.45, 2.75) is 30.1 Å². The molecule has 1 aromatic heterocycles. The normalized spacial score (nSPS) is 18.8.